The molecule has 2 rings (SSSR count). The largest absolute Gasteiger partial charge is 0.507 e. The first-order chi connectivity index (χ1) is 8.99. The Labute approximate surface area is 129 Å². The van der Waals surface area contributed by atoms with Crippen LogP contribution in [0.2, 0.25) is 0 Å². The number of phenols is 1. The van der Waals surface area contributed by atoms with E-state index in [1.54, 1.807) is 17.0 Å². The highest BCUT2D eigenvalue weighted by molar-refractivity contribution is 14.1. The van der Waals surface area contributed by atoms with Gasteiger partial charge in [0, 0.05) is 10.1 Å². The van der Waals surface area contributed by atoms with Crippen molar-refractivity contribution >= 4 is 45.7 Å². The van der Waals surface area contributed by atoms with Gasteiger partial charge in [0.15, 0.2) is 0 Å². The molecule has 0 radical (unpaired) electrons. The van der Waals surface area contributed by atoms with Gasteiger partial charge < -0.3 is 20.5 Å². The third kappa shape index (κ3) is 3.34. The van der Waals surface area contributed by atoms with Gasteiger partial charge in [-0.15, -0.1) is 0 Å². The van der Waals surface area contributed by atoms with Crippen molar-refractivity contribution in [3.05, 3.63) is 27.3 Å². The molecule has 1 amide bonds. The monoisotopic (exact) mass is 392 g/mol. The fourth-order valence-corrected chi connectivity index (χ4v) is 2.49. The summed E-state index contributed by atoms with van der Waals surface area (Å²) < 4.78 is 6.27. The van der Waals surface area contributed by atoms with Crippen LogP contribution in [0.5, 0.6) is 5.75 Å². The van der Waals surface area contributed by atoms with Crippen molar-refractivity contribution in [3.63, 3.8) is 0 Å². The molecule has 0 saturated carbocycles. The normalized spacial score (nSPS) is 19.2. The standard InChI is InChI=1S/C12H13IN2O3S/c13-7-1-2-9(16)8(5-7)12(17)15-3-4-18-10(6-15)11(14)19/h1-2,5,10,16H,3-4,6H2,(H2,14,19). The van der Waals surface area contributed by atoms with Crippen LogP contribution in [0, 0.1) is 3.57 Å². The Balaban J connectivity index is 2.19. The molecule has 1 aliphatic rings. The van der Waals surface area contributed by atoms with E-state index >= 15 is 0 Å². The fraction of sp³-hybridized carbons (Fsp3) is 0.333. The van der Waals surface area contributed by atoms with E-state index in [0.29, 0.717) is 19.7 Å². The van der Waals surface area contributed by atoms with Crippen molar-refractivity contribution in [1.82, 2.24) is 4.90 Å². The van der Waals surface area contributed by atoms with E-state index in [1.807, 2.05) is 0 Å². The van der Waals surface area contributed by atoms with Crippen molar-refractivity contribution in [2.75, 3.05) is 19.7 Å². The molecule has 1 saturated heterocycles. The summed E-state index contributed by atoms with van der Waals surface area (Å²) in [6, 6.07) is 4.91. The lowest BCUT2D eigenvalue weighted by molar-refractivity contribution is 0.00865. The number of carbonyl (C=O) groups is 1. The molecule has 1 fully saturated rings. The van der Waals surface area contributed by atoms with Crippen molar-refractivity contribution in [2.45, 2.75) is 6.10 Å². The first kappa shape index (κ1) is 14.5. The summed E-state index contributed by atoms with van der Waals surface area (Å²) >= 11 is 6.98. The van der Waals surface area contributed by atoms with Gasteiger partial charge in [0.1, 0.15) is 16.8 Å². The molecule has 0 bridgehead atoms. The van der Waals surface area contributed by atoms with Crippen molar-refractivity contribution in [1.29, 1.82) is 0 Å². The van der Waals surface area contributed by atoms with Gasteiger partial charge in [-0.1, -0.05) is 12.2 Å². The number of hydrogen-bond acceptors (Lipinski definition) is 4. The molecule has 1 heterocycles. The predicted octanol–water partition coefficient (Wildman–Crippen LogP) is 1.12. The Hall–Kier alpha value is -0.930. The van der Waals surface area contributed by atoms with Gasteiger partial charge in [0.2, 0.25) is 0 Å². The molecule has 1 atom stereocenters. The SMILES string of the molecule is NC(=S)C1CN(C(=O)c2cc(I)ccc2O)CCO1. The number of nitrogens with two attached hydrogens (primary N) is 1. The van der Waals surface area contributed by atoms with E-state index in [0.717, 1.165) is 3.57 Å². The topological polar surface area (TPSA) is 75.8 Å². The molecule has 1 aromatic rings. The number of benzene rings is 1. The van der Waals surface area contributed by atoms with Crippen molar-refractivity contribution < 1.29 is 14.6 Å². The lowest BCUT2D eigenvalue weighted by Crippen LogP contribution is -2.49. The number of halogens is 1. The third-order valence-electron chi connectivity index (χ3n) is 2.86. The van der Waals surface area contributed by atoms with Crippen LogP contribution in [0.4, 0.5) is 0 Å². The zero-order chi connectivity index (χ0) is 14.0. The van der Waals surface area contributed by atoms with E-state index in [-0.39, 0.29) is 22.2 Å². The second-order valence-electron chi connectivity index (χ2n) is 4.17. The molecule has 5 nitrogen and oxygen atoms in total. The minimum Gasteiger partial charge on any atom is -0.507 e. The van der Waals surface area contributed by atoms with Crippen LogP contribution in [0.1, 0.15) is 10.4 Å². The zero-order valence-electron chi connectivity index (χ0n) is 10.0. The molecule has 0 aromatic heterocycles. The fourth-order valence-electron chi connectivity index (χ4n) is 1.86. The van der Waals surface area contributed by atoms with E-state index in [4.69, 9.17) is 22.7 Å². The molecular formula is C12H13IN2O3S. The highest BCUT2D eigenvalue weighted by atomic mass is 127. The van der Waals surface area contributed by atoms with Gasteiger partial charge in [-0.3, -0.25) is 4.79 Å². The highest BCUT2D eigenvalue weighted by Gasteiger charge is 2.27. The van der Waals surface area contributed by atoms with E-state index in [2.05, 4.69) is 22.6 Å². The minimum absolute atomic E-state index is 0.0243. The quantitative estimate of drug-likeness (QED) is 0.583. The first-order valence-electron chi connectivity index (χ1n) is 5.67. The number of ether oxygens (including phenoxy) is 1. The molecule has 1 aromatic carbocycles. The van der Waals surface area contributed by atoms with Crippen LogP contribution in [-0.4, -0.2) is 46.7 Å². The van der Waals surface area contributed by atoms with Gasteiger partial charge in [0.25, 0.3) is 5.91 Å². The molecule has 102 valence electrons. The Morgan fingerprint density at radius 3 is 3.00 bits per heavy atom. The lowest BCUT2D eigenvalue weighted by atomic mass is 10.1. The van der Waals surface area contributed by atoms with Gasteiger partial charge in [-0.2, -0.15) is 0 Å². The Morgan fingerprint density at radius 2 is 2.32 bits per heavy atom. The Kier molecular flexibility index (Phi) is 4.58. The maximum absolute atomic E-state index is 12.4. The first-order valence-corrected chi connectivity index (χ1v) is 7.16. The summed E-state index contributed by atoms with van der Waals surface area (Å²) in [5.41, 5.74) is 5.83. The van der Waals surface area contributed by atoms with E-state index in [1.165, 1.54) is 6.07 Å². The Morgan fingerprint density at radius 1 is 1.58 bits per heavy atom. The van der Waals surface area contributed by atoms with Gasteiger partial charge >= 0.3 is 0 Å². The molecule has 0 aliphatic carbocycles. The van der Waals surface area contributed by atoms with Crippen LogP contribution in [0.25, 0.3) is 0 Å². The molecule has 7 heteroatoms. The van der Waals surface area contributed by atoms with Crippen LogP contribution >= 0.6 is 34.8 Å². The summed E-state index contributed by atoms with van der Waals surface area (Å²) in [6.45, 7) is 1.17. The number of phenolic OH excluding ortho intramolecular Hbond substituents is 1. The highest BCUT2D eigenvalue weighted by Crippen LogP contribution is 2.22. The van der Waals surface area contributed by atoms with Crippen molar-refractivity contribution in [3.8, 4) is 5.75 Å². The number of hydrogen-bond donors (Lipinski definition) is 2. The second kappa shape index (κ2) is 6.02. The number of thiocarbonyl (C=S) groups is 1. The number of carbonyl (C=O) groups excluding carboxylic acids is 1. The molecule has 1 aliphatic heterocycles. The number of morpholine rings is 1. The predicted molar refractivity (Wildman–Crippen MR) is 83.3 cm³/mol. The molecule has 0 spiro atoms. The summed E-state index contributed by atoms with van der Waals surface area (Å²) in [5.74, 6) is -0.260. The summed E-state index contributed by atoms with van der Waals surface area (Å²) in [4.78, 5) is 14.2. The Bertz CT molecular complexity index is 524. The number of nitrogens with zero attached hydrogens (tertiary/aromatic N) is 1. The summed E-state index contributed by atoms with van der Waals surface area (Å²) in [7, 11) is 0. The van der Waals surface area contributed by atoms with Gasteiger partial charge in [-0.25, -0.2) is 0 Å². The van der Waals surface area contributed by atoms with Crippen LogP contribution in [0.15, 0.2) is 18.2 Å². The molecular weight excluding hydrogens is 379 g/mol. The van der Waals surface area contributed by atoms with Crippen LogP contribution in [0.3, 0.4) is 0 Å². The molecule has 19 heavy (non-hydrogen) atoms. The summed E-state index contributed by atoms with van der Waals surface area (Å²) in [5, 5.41) is 9.78. The average Bonchev–Trinajstić information content (AvgIpc) is 2.41. The summed E-state index contributed by atoms with van der Waals surface area (Å²) in [6.07, 6.45) is -0.419. The average molecular weight is 392 g/mol. The second-order valence-corrected chi connectivity index (χ2v) is 5.89. The molecule has 3 N–H and O–H groups in total. The third-order valence-corrected chi connectivity index (χ3v) is 3.79. The lowest BCUT2D eigenvalue weighted by Gasteiger charge is -2.32. The van der Waals surface area contributed by atoms with Crippen molar-refractivity contribution in [2.24, 2.45) is 5.73 Å². The number of amides is 1. The zero-order valence-corrected chi connectivity index (χ0v) is 13.0. The van der Waals surface area contributed by atoms with Crippen LogP contribution < -0.4 is 5.73 Å². The smallest absolute Gasteiger partial charge is 0.257 e. The molecule has 1 unspecified atom stereocenters. The van der Waals surface area contributed by atoms with E-state index in [9.17, 15) is 9.90 Å². The number of rotatable bonds is 2. The van der Waals surface area contributed by atoms with Gasteiger partial charge in [-0.05, 0) is 40.8 Å². The maximum Gasteiger partial charge on any atom is 0.257 e. The van der Waals surface area contributed by atoms with Gasteiger partial charge in [0.05, 0.1) is 18.7 Å². The number of aromatic hydroxyl groups is 1. The van der Waals surface area contributed by atoms with Crippen LogP contribution in [-0.2, 0) is 4.74 Å². The maximum atomic E-state index is 12.4. The van der Waals surface area contributed by atoms with E-state index < -0.39 is 6.10 Å². The minimum atomic E-state index is -0.419.